The van der Waals surface area contributed by atoms with E-state index >= 15 is 0 Å². The van der Waals surface area contributed by atoms with E-state index in [1.807, 2.05) is 48.8 Å². The monoisotopic (exact) mass is 679 g/mol. The lowest BCUT2D eigenvalue weighted by atomic mass is 9.82. The molecule has 0 N–H and O–H groups in total. The zero-order valence-electron chi connectivity index (χ0n) is 29.3. The van der Waals surface area contributed by atoms with Crippen molar-refractivity contribution in [3.8, 4) is 67.5 Å². The van der Waals surface area contributed by atoms with Crippen LogP contribution in [-0.4, -0.2) is 24.9 Å². The molecule has 0 saturated heterocycles. The van der Waals surface area contributed by atoms with Crippen molar-refractivity contribution < 1.29 is 0 Å². The lowest BCUT2D eigenvalue weighted by molar-refractivity contribution is 0.660. The van der Waals surface area contributed by atoms with Gasteiger partial charge >= 0.3 is 0 Å². The molecule has 0 aliphatic heterocycles. The zero-order chi connectivity index (χ0) is 35.5. The molecule has 0 fully saturated rings. The van der Waals surface area contributed by atoms with Crippen LogP contribution in [0.3, 0.4) is 0 Å². The lowest BCUT2D eigenvalue weighted by Gasteiger charge is -2.21. The number of hydrogen-bond donors (Lipinski definition) is 0. The van der Waals surface area contributed by atoms with Gasteiger partial charge in [-0.1, -0.05) is 111 Å². The van der Waals surface area contributed by atoms with Gasteiger partial charge in [0.05, 0.1) is 11.0 Å². The average molecular weight is 680 g/mol. The van der Waals surface area contributed by atoms with E-state index in [1.165, 1.54) is 33.4 Å². The normalized spacial score (nSPS) is 12.9. The molecule has 10 rings (SSSR count). The summed E-state index contributed by atoms with van der Waals surface area (Å²) in [5.74, 6) is 1.84. The van der Waals surface area contributed by atoms with Crippen molar-refractivity contribution in [3.63, 3.8) is 0 Å². The Bertz CT molecular complexity index is 2780. The highest BCUT2D eigenvalue weighted by atomic mass is 15.0. The second kappa shape index (κ2) is 12.1. The molecule has 5 heteroatoms. The largest absolute Gasteiger partial charge is 0.256 e. The smallest absolute Gasteiger partial charge is 0.164 e. The van der Waals surface area contributed by atoms with Crippen molar-refractivity contribution in [1.82, 2.24) is 24.9 Å². The Balaban J connectivity index is 1.04. The van der Waals surface area contributed by atoms with E-state index in [-0.39, 0.29) is 5.41 Å². The molecule has 250 valence electrons. The Morgan fingerprint density at radius 1 is 0.377 bits per heavy atom. The first-order valence-electron chi connectivity index (χ1n) is 17.9. The van der Waals surface area contributed by atoms with Gasteiger partial charge in [0.25, 0.3) is 0 Å². The topological polar surface area (TPSA) is 64.5 Å². The van der Waals surface area contributed by atoms with E-state index in [4.69, 9.17) is 15.0 Å². The standard InChI is InChI=1S/C48H33N5/c1-48(2)40-15-4-3-13-39(40)44-38(14-6-16-41(44)48)33-10-5-9-32(27-33)30-17-19-31(20-18-30)45-51-46(36-21-23-42-34(28-36)11-7-25-49-42)53-47(52-45)37-22-24-43-35(29-37)12-8-26-50-43/h3-29H,1-2H3. The van der Waals surface area contributed by atoms with Crippen LogP contribution in [0, 0.1) is 0 Å². The first-order valence-corrected chi connectivity index (χ1v) is 17.9. The Morgan fingerprint density at radius 3 is 1.58 bits per heavy atom. The maximum Gasteiger partial charge on any atom is 0.164 e. The van der Waals surface area contributed by atoms with Crippen molar-refractivity contribution in [2.75, 3.05) is 0 Å². The van der Waals surface area contributed by atoms with Crippen LogP contribution in [0.2, 0.25) is 0 Å². The highest BCUT2D eigenvalue weighted by Gasteiger charge is 2.36. The van der Waals surface area contributed by atoms with Crippen LogP contribution in [0.25, 0.3) is 89.4 Å². The SMILES string of the molecule is CC1(C)c2ccccc2-c2c(-c3cccc(-c4ccc(-c5nc(-c6ccc7ncccc7c6)nc(-c6ccc7ncccc7c6)n5)cc4)c3)cccc21. The third-order valence-corrected chi connectivity index (χ3v) is 10.6. The number of fused-ring (bicyclic) bond motifs is 5. The number of nitrogens with zero attached hydrogens (tertiary/aromatic N) is 5. The first-order chi connectivity index (χ1) is 26.0. The molecule has 0 saturated carbocycles. The molecule has 0 radical (unpaired) electrons. The number of hydrogen-bond acceptors (Lipinski definition) is 5. The van der Waals surface area contributed by atoms with Gasteiger partial charge in [-0.25, -0.2) is 15.0 Å². The molecule has 6 aromatic carbocycles. The molecular weight excluding hydrogens is 647 g/mol. The molecular formula is C48H33N5. The minimum absolute atomic E-state index is 0.0405. The zero-order valence-corrected chi connectivity index (χ0v) is 29.3. The van der Waals surface area contributed by atoms with Gasteiger partial charge in [0, 0.05) is 45.3 Å². The van der Waals surface area contributed by atoms with Gasteiger partial charge in [0.15, 0.2) is 17.5 Å². The summed E-state index contributed by atoms with van der Waals surface area (Å²) in [7, 11) is 0. The van der Waals surface area contributed by atoms with Gasteiger partial charge in [0.2, 0.25) is 0 Å². The number of aromatic nitrogens is 5. The Labute approximate surface area is 307 Å². The molecule has 0 unspecified atom stereocenters. The number of rotatable bonds is 5. The van der Waals surface area contributed by atoms with Crippen LogP contribution in [-0.2, 0) is 5.41 Å². The fraction of sp³-hybridized carbons (Fsp3) is 0.0625. The Morgan fingerprint density at radius 2 is 0.906 bits per heavy atom. The second-order valence-corrected chi connectivity index (χ2v) is 14.2. The van der Waals surface area contributed by atoms with Crippen LogP contribution in [0.1, 0.15) is 25.0 Å². The summed E-state index contributed by atoms with van der Waals surface area (Å²) in [5, 5.41) is 2.07. The van der Waals surface area contributed by atoms with Crippen LogP contribution >= 0.6 is 0 Å². The predicted octanol–water partition coefficient (Wildman–Crippen LogP) is 11.6. The highest BCUT2D eigenvalue weighted by Crippen LogP contribution is 2.52. The summed E-state index contributed by atoms with van der Waals surface area (Å²) < 4.78 is 0. The van der Waals surface area contributed by atoms with Crippen LogP contribution in [0.4, 0.5) is 0 Å². The quantitative estimate of drug-likeness (QED) is 0.181. The number of benzene rings is 6. The van der Waals surface area contributed by atoms with Gasteiger partial charge in [-0.3, -0.25) is 9.97 Å². The molecule has 9 aromatic rings. The Hall–Kier alpha value is -6.85. The van der Waals surface area contributed by atoms with E-state index in [9.17, 15) is 0 Å². The average Bonchev–Trinajstić information content (AvgIpc) is 3.46. The van der Waals surface area contributed by atoms with E-state index in [2.05, 4.69) is 139 Å². The van der Waals surface area contributed by atoms with Gasteiger partial charge in [-0.2, -0.15) is 0 Å². The molecule has 3 heterocycles. The molecule has 0 spiro atoms. The summed E-state index contributed by atoms with van der Waals surface area (Å²) in [6.45, 7) is 4.66. The molecule has 0 atom stereocenters. The molecule has 5 nitrogen and oxygen atoms in total. The molecule has 1 aliphatic carbocycles. The van der Waals surface area contributed by atoms with Crippen molar-refractivity contribution in [3.05, 3.63) is 175 Å². The minimum atomic E-state index is -0.0405. The molecule has 1 aliphatic rings. The molecule has 3 aromatic heterocycles. The van der Waals surface area contributed by atoms with Gasteiger partial charge < -0.3 is 0 Å². The van der Waals surface area contributed by atoms with Gasteiger partial charge in [-0.15, -0.1) is 0 Å². The molecule has 0 bridgehead atoms. The van der Waals surface area contributed by atoms with Crippen LogP contribution in [0.15, 0.2) is 164 Å². The van der Waals surface area contributed by atoms with Crippen LogP contribution in [0.5, 0.6) is 0 Å². The molecule has 0 amide bonds. The van der Waals surface area contributed by atoms with Crippen molar-refractivity contribution in [2.24, 2.45) is 0 Å². The summed E-state index contributed by atoms with van der Waals surface area (Å²) in [5.41, 5.74) is 14.7. The summed E-state index contributed by atoms with van der Waals surface area (Å²) in [6.07, 6.45) is 3.62. The van der Waals surface area contributed by atoms with Gasteiger partial charge in [0.1, 0.15) is 0 Å². The van der Waals surface area contributed by atoms with E-state index < -0.39 is 0 Å². The summed E-state index contributed by atoms with van der Waals surface area (Å²) in [6, 6.07) is 53.3. The summed E-state index contributed by atoms with van der Waals surface area (Å²) >= 11 is 0. The fourth-order valence-electron chi connectivity index (χ4n) is 7.87. The first kappa shape index (κ1) is 30.9. The van der Waals surface area contributed by atoms with Crippen molar-refractivity contribution >= 4 is 21.8 Å². The maximum absolute atomic E-state index is 5.03. The molecule has 53 heavy (non-hydrogen) atoms. The number of pyridine rings is 2. The fourth-order valence-corrected chi connectivity index (χ4v) is 7.87. The lowest BCUT2D eigenvalue weighted by Crippen LogP contribution is -2.14. The minimum Gasteiger partial charge on any atom is -0.256 e. The van der Waals surface area contributed by atoms with E-state index in [0.29, 0.717) is 17.5 Å². The second-order valence-electron chi connectivity index (χ2n) is 14.2. The predicted molar refractivity (Wildman–Crippen MR) is 215 cm³/mol. The van der Waals surface area contributed by atoms with Gasteiger partial charge in [-0.05, 0) is 99.1 Å². The van der Waals surface area contributed by atoms with E-state index in [0.717, 1.165) is 49.6 Å². The summed E-state index contributed by atoms with van der Waals surface area (Å²) in [4.78, 5) is 24.1. The maximum atomic E-state index is 5.03. The van der Waals surface area contributed by atoms with Crippen LogP contribution < -0.4 is 0 Å². The van der Waals surface area contributed by atoms with Crippen molar-refractivity contribution in [1.29, 1.82) is 0 Å². The third kappa shape index (κ3) is 5.28. The Kier molecular flexibility index (Phi) is 7.08. The van der Waals surface area contributed by atoms with E-state index in [1.54, 1.807) is 0 Å². The highest BCUT2D eigenvalue weighted by molar-refractivity contribution is 5.93. The van der Waals surface area contributed by atoms with Crippen molar-refractivity contribution in [2.45, 2.75) is 19.3 Å². The third-order valence-electron chi connectivity index (χ3n) is 10.6.